The molecule has 0 amide bonds. The first kappa shape index (κ1) is 28.5. The number of allylic oxidation sites excluding steroid dienone is 1. The Morgan fingerprint density at radius 1 is 0.972 bits per heavy atom. The molecule has 6 heteroatoms. The van der Waals surface area contributed by atoms with E-state index in [1.165, 1.54) is 11.1 Å². The second kappa shape index (κ2) is 9.02. The summed E-state index contributed by atoms with van der Waals surface area (Å²) in [4.78, 5) is 0. The van der Waals surface area contributed by atoms with Gasteiger partial charge in [0.25, 0.3) is 0 Å². The number of hydrogen-bond donors (Lipinski definition) is 6. The van der Waals surface area contributed by atoms with Gasteiger partial charge in [-0.2, -0.15) is 0 Å². The first-order valence-corrected chi connectivity index (χ1v) is 14.2. The van der Waals surface area contributed by atoms with Crippen molar-refractivity contribution in [3.8, 4) is 0 Å². The first-order chi connectivity index (χ1) is 16.5. The van der Waals surface area contributed by atoms with Gasteiger partial charge in [-0.15, -0.1) is 0 Å². The minimum atomic E-state index is -1.18. The Morgan fingerprint density at radius 2 is 1.61 bits per heavy atom. The lowest BCUT2D eigenvalue weighted by Crippen LogP contribution is -2.61. The Labute approximate surface area is 217 Å². The van der Waals surface area contributed by atoms with Crippen molar-refractivity contribution in [1.82, 2.24) is 0 Å². The summed E-state index contributed by atoms with van der Waals surface area (Å²) in [6, 6.07) is 0. The van der Waals surface area contributed by atoms with Crippen LogP contribution in [0.2, 0.25) is 0 Å². The van der Waals surface area contributed by atoms with Crippen molar-refractivity contribution in [1.29, 1.82) is 0 Å². The molecule has 0 saturated heterocycles. The molecule has 6 N–H and O–H groups in total. The predicted molar refractivity (Wildman–Crippen MR) is 140 cm³/mol. The second-order valence-corrected chi connectivity index (χ2v) is 14.7. The van der Waals surface area contributed by atoms with E-state index < -0.39 is 40.8 Å². The van der Waals surface area contributed by atoms with Crippen molar-refractivity contribution in [3.05, 3.63) is 11.1 Å². The van der Waals surface area contributed by atoms with E-state index in [1.807, 2.05) is 0 Å². The summed E-state index contributed by atoms with van der Waals surface area (Å²) in [5.41, 5.74) is 0.313. The van der Waals surface area contributed by atoms with E-state index >= 15 is 0 Å². The van der Waals surface area contributed by atoms with Crippen LogP contribution in [0.25, 0.3) is 0 Å². The monoisotopic (exact) mass is 508 g/mol. The fourth-order valence-electron chi connectivity index (χ4n) is 9.77. The molecule has 0 aromatic heterocycles. The molecule has 6 nitrogen and oxygen atoms in total. The van der Waals surface area contributed by atoms with Crippen LogP contribution in [-0.4, -0.2) is 67.3 Å². The van der Waals surface area contributed by atoms with Crippen LogP contribution in [0.4, 0.5) is 0 Å². The van der Waals surface area contributed by atoms with Gasteiger partial charge in [0.15, 0.2) is 0 Å². The SMILES string of the molecule is CC(C)(O)[C@@H](O)CC[C@@H](CO)[C@@H]1CC[C@@]2(C)C3=C(C[C@@H](O)[C@@]12C)[C@@]1(C)C[C@@H](O)[C@@H](O)C(C)(C)[C@@H]1CC3. The van der Waals surface area contributed by atoms with Gasteiger partial charge in [-0.05, 0) is 99.2 Å². The molecular weight excluding hydrogens is 456 g/mol. The summed E-state index contributed by atoms with van der Waals surface area (Å²) < 4.78 is 0. The number of fused-ring (bicyclic) bond motifs is 4. The molecule has 0 aliphatic heterocycles. The van der Waals surface area contributed by atoms with E-state index in [0.29, 0.717) is 25.7 Å². The molecule has 2 saturated carbocycles. The van der Waals surface area contributed by atoms with Crippen molar-refractivity contribution in [2.75, 3.05) is 6.61 Å². The molecule has 0 radical (unpaired) electrons. The lowest BCUT2D eigenvalue weighted by molar-refractivity contribution is -0.163. The lowest BCUT2D eigenvalue weighted by atomic mass is 9.42. The van der Waals surface area contributed by atoms with E-state index in [2.05, 4.69) is 34.6 Å². The van der Waals surface area contributed by atoms with Crippen LogP contribution < -0.4 is 0 Å². The number of aliphatic hydroxyl groups is 6. The van der Waals surface area contributed by atoms with Gasteiger partial charge in [0.1, 0.15) is 0 Å². The molecule has 0 aromatic carbocycles. The van der Waals surface area contributed by atoms with Gasteiger partial charge in [-0.3, -0.25) is 0 Å². The molecule has 2 fully saturated rings. The fraction of sp³-hybridized carbons (Fsp3) is 0.933. The lowest BCUT2D eigenvalue weighted by Gasteiger charge is -2.63. The van der Waals surface area contributed by atoms with Crippen molar-refractivity contribution in [3.63, 3.8) is 0 Å². The Balaban J connectivity index is 1.69. The maximum atomic E-state index is 11.9. The van der Waals surface area contributed by atoms with E-state index in [-0.39, 0.29) is 35.2 Å². The minimum Gasteiger partial charge on any atom is -0.396 e. The summed E-state index contributed by atoms with van der Waals surface area (Å²) >= 11 is 0. The fourth-order valence-corrected chi connectivity index (χ4v) is 9.77. The molecule has 4 aliphatic rings. The van der Waals surface area contributed by atoms with E-state index in [9.17, 15) is 30.6 Å². The summed E-state index contributed by atoms with van der Waals surface area (Å²) in [5.74, 6) is 0.308. The minimum absolute atomic E-state index is 0.00555. The Morgan fingerprint density at radius 3 is 2.19 bits per heavy atom. The van der Waals surface area contributed by atoms with Crippen LogP contribution in [0.5, 0.6) is 0 Å². The maximum absolute atomic E-state index is 11.9. The molecule has 0 spiro atoms. The molecule has 0 bridgehead atoms. The highest BCUT2D eigenvalue weighted by Gasteiger charge is 2.67. The van der Waals surface area contributed by atoms with Gasteiger partial charge in [0.05, 0.1) is 30.0 Å². The zero-order valence-corrected chi connectivity index (χ0v) is 23.6. The third-order valence-corrected chi connectivity index (χ3v) is 12.3. The summed E-state index contributed by atoms with van der Waals surface area (Å²) in [6.07, 6.45) is 2.97. The van der Waals surface area contributed by atoms with E-state index in [1.54, 1.807) is 13.8 Å². The standard InChI is InChI=1S/C30H52O6/c1-26(2)22-10-9-19-20(28(22,5)15-21(32)25(26)35)14-24(34)30(7)18(12-13-29(19,30)6)17(16-31)8-11-23(33)27(3,4)36/h17-18,21-25,31-36H,8-16H2,1-7H3/t17-,18-,21+,22-,23-,24+,25+,28+,29-,30+/m0/s1. The number of rotatable bonds is 6. The van der Waals surface area contributed by atoms with Crippen LogP contribution in [-0.2, 0) is 0 Å². The predicted octanol–water partition coefficient (Wildman–Crippen LogP) is 3.56. The average Bonchev–Trinajstić information content (AvgIpc) is 3.06. The largest absolute Gasteiger partial charge is 0.396 e. The maximum Gasteiger partial charge on any atom is 0.0853 e. The highest BCUT2D eigenvalue weighted by Crippen LogP contribution is 2.72. The molecule has 0 aromatic rings. The third-order valence-electron chi connectivity index (χ3n) is 12.3. The van der Waals surface area contributed by atoms with Crippen LogP contribution in [0.15, 0.2) is 11.1 Å². The van der Waals surface area contributed by atoms with Gasteiger partial charge in [0, 0.05) is 12.0 Å². The third kappa shape index (κ3) is 3.88. The molecule has 4 rings (SSSR count). The normalized spacial score (nSPS) is 46.1. The van der Waals surface area contributed by atoms with Crippen molar-refractivity contribution in [2.45, 2.75) is 130 Å². The van der Waals surface area contributed by atoms with Gasteiger partial charge in [0.2, 0.25) is 0 Å². The molecule has 0 heterocycles. The van der Waals surface area contributed by atoms with Crippen LogP contribution in [0, 0.1) is 39.4 Å². The van der Waals surface area contributed by atoms with Gasteiger partial charge < -0.3 is 30.6 Å². The zero-order chi connectivity index (χ0) is 27.1. The van der Waals surface area contributed by atoms with Crippen molar-refractivity contribution >= 4 is 0 Å². The Kier molecular flexibility index (Phi) is 7.15. The van der Waals surface area contributed by atoms with Gasteiger partial charge in [-0.1, -0.05) is 45.8 Å². The zero-order valence-electron chi connectivity index (χ0n) is 23.6. The summed E-state index contributed by atoms with van der Waals surface area (Å²) in [6.45, 7) is 14.2. The van der Waals surface area contributed by atoms with Crippen molar-refractivity contribution < 1.29 is 30.6 Å². The van der Waals surface area contributed by atoms with Crippen LogP contribution >= 0.6 is 0 Å². The van der Waals surface area contributed by atoms with Crippen LogP contribution in [0.1, 0.15) is 99.8 Å². The molecule has 0 unspecified atom stereocenters. The highest BCUT2D eigenvalue weighted by atomic mass is 16.3. The molecule has 36 heavy (non-hydrogen) atoms. The Bertz CT molecular complexity index is 875. The topological polar surface area (TPSA) is 121 Å². The Hall–Kier alpha value is -0.500. The first-order valence-electron chi connectivity index (χ1n) is 14.2. The highest BCUT2D eigenvalue weighted by molar-refractivity contribution is 5.40. The number of hydrogen-bond acceptors (Lipinski definition) is 6. The number of aliphatic hydroxyl groups excluding tert-OH is 5. The van der Waals surface area contributed by atoms with Crippen molar-refractivity contribution in [2.24, 2.45) is 39.4 Å². The molecule has 10 atom stereocenters. The summed E-state index contributed by atoms with van der Waals surface area (Å²) in [7, 11) is 0. The van der Waals surface area contributed by atoms with Gasteiger partial charge in [-0.25, -0.2) is 0 Å². The molecular formula is C30H52O6. The molecule has 208 valence electrons. The average molecular weight is 509 g/mol. The second-order valence-electron chi connectivity index (χ2n) is 14.7. The smallest absolute Gasteiger partial charge is 0.0853 e. The molecule has 4 aliphatic carbocycles. The quantitative estimate of drug-likeness (QED) is 0.305. The van der Waals surface area contributed by atoms with E-state index in [4.69, 9.17) is 0 Å². The van der Waals surface area contributed by atoms with Gasteiger partial charge >= 0.3 is 0 Å². The van der Waals surface area contributed by atoms with E-state index in [0.717, 1.165) is 25.7 Å². The summed E-state index contributed by atoms with van der Waals surface area (Å²) in [5, 5.41) is 64.7. The van der Waals surface area contributed by atoms with Crippen LogP contribution in [0.3, 0.4) is 0 Å².